The summed E-state index contributed by atoms with van der Waals surface area (Å²) >= 11 is 5.47. The lowest BCUT2D eigenvalue weighted by atomic mass is 9.89. The summed E-state index contributed by atoms with van der Waals surface area (Å²) < 4.78 is 41.3. The second kappa shape index (κ2) is 8.78. The number of nitrogens with one attached hydrogen (secondary N) is 1. The number of nitrogens with zero attached hydrogens (tertiary/aromatic N) is 4. The third-order valence-electron chi connectivity index (χ3n) is 5.31. The highest BCUT2D eigenvalue weighted by Gasteiger charge is 2.49. The third-order valence-corrected chi connectivity index (χ3v) is 5.50. The Morgan fingerprint density at radius 3 is 2.48 bits per heavy atom. The fourth-order valence-electron chi connectivity index (χ4n) is 3.61. The van der Waals surface area contributed by atoms with E-state index in [-0.39, 0.29) is 24.1 Å². The zero-order valence-electron chi connectivity index (χ0n) is 16.9. The summed E-state index contributed by atoms with van der Waals surface area (Å²) in [5.74, 6) is -4.90. The van der Waals surface area contributed by atoms with Crippen molar-refractivity contribution in [3.8, 4) is 0 Å². The van der Waals surface area contributed by atoms with Gasteiger partial charge in [0.25, 0.3) is 17.4 Å². The van der Waals surface area contributed by atoms with Crippen molar-refractivity contribution in [1.82, 2.24) is 20.3 Å². The summed E-state index contributed by atoms with van der Waals surface area (Å²) in [5, 5.41) is 2.57. The molecule has 2 aromatic heterocycles. The van der Waals surface area contributed by atoms with E-state index in [1.807, 2.05) is 0 Å². The molecule has 3 atom stereocenters. The molecule has 0 bridgehead atoms. The van der Waals surface area contributed by atoms with Gasteiger partial charge in [0.15, 0.2) is 5.54 Å². The number of aromatic nitrogens is 3. The van der Waals surface area contributed by atoms with E-state index in [1.165, 1.54) is 37.9 Å². The number of alkyl halides is 4. The number of aryl methyl sites for hydroxylation is 1. The molecule has 1 aliphatic rings. The highest BCUT2D eigenvalue weighted by atomic mass is 35.5. The molecular formula is C20H21ClF3N5O2. The maximum atomic E-state index is 14.0. The smallest absolute Gasteiger partial charge is 0.278 e. The highest BCUT2D eigenvalue weighted by molar-refractivity contribution is 6.32. The van der Waals surface area contributed by atoms with Gasteiger partial charge in [-0.05, 0) is 32.4 Å². The van der Waals surface area contributed by atoms with Crippen molar-refractivity contribution < 1.29 is 22.8 Å². The number of halogens is 4. The fraction of sp³-hybridized carbons (Fsp3) is 0.450. The molecule has 0 saturated heterocycles. The minimum atomic E-state index is -2.89. The Labute approximate surface area is 182 Å². The highest BCUT2D eigenvalue weighted by Crippen LogP contribution is 2.37. The number of rotatable bonds is 6. The molecule has 0 radical (unpaired) electrons. The summed E-state index contributed by atoms with van der Waals surface area (Å²) in [6.07, 6.45) is 4.28. The third kappa shape index (κ3) is 4.79. The van der Waals surface area contributed by atoms with Gasteiger partial charge in [-0.3, -0.25) is 19.5 Å². The Morgan fingerprint density at radius 1 is 1.29 bits per heavy atom. The SMILES string of the molecule is Cc1ccc(N(C(=O)[C@H](F)Cl)[C@](C)(C(=O)N[C@H]2CCC(F)(F)C2)c2cncnc2)cn1. The van der Waals surface area contributed by atoms with Crippen LogP contribution in [0.4, 0.5) is 18.9 Å². The molecule has 166 valence electrons. The average molecular weight is 456 g/mol. The summed E-state index contributed by atoms with van der Waals surface area (Å²) in [4.78, 5) is 39.0. The fourth-order valence-corrected chi connectivity index (χ4v) is 3.70. The topological polar surface area (TPSA) is 88.1 Å². The van der Waals surface area contributed by atoms with Crippen LogP contribution in [0.2, 0.25) is 0 Å². The van der Waals surface area contributed by atoms with Crippen LogP contribution in [0.3, 0.4) is 0 Å². The Kier molecular flexibility index (Phi) is 6.49. The van der Waals surface area contributed by atoms with Gasteiger partial charge in [0, 0.05) is 42.5 Å². The van der Waals surface area contributed by atoms with Gasteiger partial charge in [-0.2, -0.15) is 0 Å². The van der Waals surface area contributed by atoms with Crippen LogP contribution in [0, 0.1) is 6.92 Å². The van der Waals surface area contributed by atoms with Crippen LogP contribution in [0.25, 0.3) is 0 Å². The Hall–Kier alpha value is -2.75. The molecule has 0 spiro atoms. The van der Waals surface area contributed by atoms with Crippen molar-refractivity contribution in [2.75, 3.05) is 4.90 Å². The first kappa shape index (κ1) is 22.9. The van der Waals surface area contributed by atoms with Gasteiger partial charge < -0.3 is 5.32 Å². The zero-order chi connectivity index (χ0) is 22.8. The maximum absolute atomic E-state index is 14.0. The summed E-state index contributed by atoms with van der Waals surface area (Å²) in [7, 11) is 0. The Balaban J connectivity index is 2.09. The molecule has 2 heterocycles. The molecule has 1 aliphatic carbocycles. The first-order valence-electron chi connectivity index (χ1n) is 9.54. The number of hydrogen-bond acceptors (Lipinski definition) is 5. The molecule has 0 aromatic carbocycles. The van der Waals surface area contributed by atoms with Crippen LogP contribution in [0.1, 0.15) is 37.4 Å². The standard InChI is InChI=1S/C20H21ClF3N5O2/c1-12-3-4-15(10-27-12)29(17(30)16(21)22)19(2,13-8-25-11-26-9-13)18(31)28-14-5-6-20(23,24)7-14/h3-4,8-11,14,16H,5-7H2,1-2H3,(H,28,31)/t14-,16-,19-/m0/s1. The molecule has 2 amide bonds. The Bertz CT molecular complexity index is 946. The number of pyridine rings is 1. The van der Waals surface area contributed by atoms with Gasteiger partial charge in [-0.15, -0.1) is 0 Å². The van der Waals surface area contributed by atoms with Crippen molar-refractivity contribution in [2.24, 2.45) is 0 Å². The first-order valence-corrected chi connectivity index (χ1v) is 9.97. The lowest BCUT2D eigenvalue weighted by molar-refractivity contribution is -0.131. The van der Waals surface area contributed by atoms with Crippen LogP contribution in [0.5, 0.6) is 0 Å². The minimum Gasteiger partial charge on any atom is -0.351 e. The average Bonchev–Trinajstić information content (AvgIpc) is 3.08. The van der Waals surface area contributed by atoms with Crippen LogP contribution < -0.4 is 10.2 Å². The molecular weight excluding hydrogens is 435 g/mol. The number of carbonyl (C=O) groups excluding carboxylic acids is 2. The first-order chi connectivity index (χ1) is 14.5. The van der Waals surface area contributed by atoms with E-state index >= 15 is 0 Å². The van der Waals surface area contributed by atoms with Crippen molar-refractivity contribution in [3.05, 3.63) is 48.3 Å². The Morgan fingerprint density at radius 2 is 1.97 bits per heavy atom. The van der Waals surface area contributed by atoms with Crippen molar-refractivity contribution in [2.45, 2.75) is 56.2 Å². The molecule has 3 rings (SSSR count). The maximum Gasteiger partial charge on any atom is 0.278 e. The predicted molar refractivity (Wildman–Crippen MR) is 107 cm³/mol. The number of carbonyl (C=O) groups is 2. The van der Waals surface area contributed by atoms with Crippen LogP contribution in [-0.2, 0) is 15.1 Å². The molecule has 11 heteroatoms. The molecule has 0 unspecified atom stereocenters. The molecule has 1 N–H and O–H groups in total. The van der Waals surface area contributed by atoms with Gasteiger partial charge >= 0.3 is 0 Å². The van der Waals surface area contributed by atoms with E-state index in [1.54, 1.807) is 13.0 Å². The van der Waals surface area contributed by atoms with E-state index in [2.05, 4.69) is 20.3 Å². The molecule has 0 aliphatic heterocycles. The van der Waals surface area contributed by atoms with Gasteiger partial charge in [0.1, 0.15) is 6.33 Å². The van der Waals surface area contributed by atoms with Crippen molar-refractivity contribution >= 4 is 29.1 Å². The summed E-state index contributed by atoms with van der Waals surface area (Å²) in [6.45, 7) is 3.07. The second-order valence-electron chi connectivity index (χ2n) is 7.60. The van der Waals surface area contributed by atoms with E-state index in [0.717, 1.165) is 4.90 Å². The molecule has 2 aromatic rings. The second-order valence-corrected chi connectivity index (χ2v) is 7.98. The largest absolute Gasteiger partial charge is 0.351 e. The monoisotopic (exact) mass is 455 g/mol. The zero-order valence-corrected chi connectivity index (χ0v) is 17.6. The van der Waals surface area contributed by atoms with Crippen molar-refractivity contribution in [1.29, 1.82) is 0 Å². The lowest BCUT2D eigenvalue weighted by Crippen LogP contribution is -2.59. The summed E-state index contributed by atoms with van der Waals surface area (Å²) in [5.41, 5.74) is -3.50. The van der Waals surface area contributed by atoms with Crippen LogP contribution in [0.15, 0.2) is 37.1 Å². The molecule has 1 saturated carbocycles. The number of amides is 2. The van der Waals surface area contributed by atoms with Crippen LogP contribution >= 0.6 is 11.6 Å². The van der Waals surface area contributed by atoms with Gasteiger partial charge in [-0.1, -0.05) is 11.6 Å². The number of anilines is 1. The van der Waals surface area contributed by atoms with Gasteiger partial charge in [0.2, 0.25) is 5.92 Å². The van der Waals surface area contributed by atoms with E-state index < -0.39 is 41.4 Å². The van der Waals surface area contributed by atoms with E-state index in [0.29, 0.717) is 5.69 Å². The van der Waals surface area contributed by atoms with Crippen LogP contribution in [-0.4, -0.2) is 44.4 Å². The normalized spacial score (nSPS) is 20.5. The molecule has 7 nitrogen and oxygen atoms in total. The van der Waals surface area contributed by atoms with Crippen molar-refractivity contribution in [3.63, 3.8) is 0 Å². The summed E-state index contributed by atoms with van der Waals surface area (Å²) in [6, 6.07) is 2.25. The van der Waals surface area contributed by atoms with E-state index in [9.17, 15) is 22.8 Å². The quantitative estimate of drug-likeness (QED) is 0.675. The molecule has 31 heavy (non-hydrogen) atoms. The minimum absolute atomic E-state index is 0.0708. The van der Waals surface area contributed by atoms with Gasteiger partial charge in [0.05, 0.1) is 11.9 Å². The number of hydrogen-bond donors (Lipinski definition) is 1. The van der Waals surface area contributed by atoms with E-state index in [4.69, 9.17) is 11.6 Å². The lowest BCUT2D eigenvalue weighted by Gasteiger charge is -2.40. The predicted octanol–water partition coefficient (Wildman–Crippen LogP) is 3.27. The van der Waals surface area contributed by atoms with Gasteiger partial charge in [-0.25, -0.2) is 23.1 Å². The molecule has 1 fully saturated rings.